The van der Waals surface area contributed by atoms with Gasteiger partial charge < -0.3 is 36.3 Å². The Bertz CT molecular complexity index is 983. The summed E-state index contributed by atoms with van der Waals surface area (Å²) in [6, 6.07) is -3.96. The zero-order chi connectivity index (χ0) is 24.7. The lowest BCUT2D eigenvalue weighted by molar-refractivity contribution is -0.143. The molecule has 14 heteroatoms. The Morgan fingerprint density at radius 1 is 1.12 bits per heavy atom. The number of likely N-dealkylation sites (tertiary alicyclic amines) is 1. The predicted octanol–water partition coefficient (Wildman–Crippen LogP) is -1.78. The topological polar surface area (TPSA) is 199 Å². The van der Waals surface area contributed by atoms with Crippen molar-refractivity contribution in [3.63, 3.8) is 0 Å². The van der Waals surface area contributed by atoms with Crippen molar-refractivity contribution in [2.45, 2.75) is 49.9 Å². The van der Waals surface area contributed by atoms with Crippen LogP contribution in [0.3, 0.4) is 0 Å². The van der Waals surface area contributed by atoms with Crippen LogP contribution in [0.1, 0.15) is 24.2 Å². The zero-order valence-corrected chi connectivity index (χ0v) is 19.2. The molecular weight excluding hydrogens is 464 g/mol. The third kappa shape index (κ3) is 6.35. The maximum absolute atomic E-state index is 13.1. The third-order valence-electron chi connectivity index (χ3n) is 5.56. The zero-order valence-electron chi connectivity index (χ0n) is 18.3. The summed E-state index contributed by atoms with van der Waals surface area (Å²) in [6.45, 7) is 0.376. The van der Waals surface area contributed by atoms with Gasteiger partial charge in [0.25, 0.3) is 0 Å². The molecule has 0 spiro atoms. The Balaban J connectivity index is 1.73. The number of rotatable bonds is 11. The molecule has 4 atom stereocenters. The smallest absolute Gasteiger partial charge is 0.326 e. The second-order valence-electron chi connectivity index (χ2n) is 8.00. The molecule has 1 aliphatic rings. The number of carboxylic acid groups (broad SMARTS) is 1. The van der Waals surface area contributed by atoms with E-state index >= 15 is 0 Å². The molecule has 3 amide bonds. The molecule has 0 aliphatic carbocycles. The molecule has 13 nitrogen and oxygen atoms in total. The number of hydrogen-bond donors (Lipinski definition) is 7. The van der Waals surface area contributed by atoms with Crippen molar-refractivity contribution in [2.24, 2.45) is 5.73 Å². The number of nitrogens with one attached hydrogen (secondary N) is 4. The Labute approximate surface area is 200 Å². The molecular formula is C20H28N8O5S. The lowest BCUT2D eigenvalue weighted by Gasteiger charge is -2.28. The van der Waals surface area contributed by atoms with E-state index in [0.29, 0.717) is 30.8 Å². The maximum Gasteiger partial charge on any atom is 0.326 e. The van der Waals surface area contributed by atoms with Gasteiger partial charge in [0, 0.05) is 48.9 Å². The third-order valence-corrected chi connectivity index (χ3v) is 5.95. The first-order chi connectivity index (χ1) is 16.3. The molecule has 7 N–H and O–H groups in total. The van der Waals surface area contributed by atoms with Crippen molar-refractivity contribution in [2.75, 3.05) is 12.3 Å². The lowest BCUT2D eigenvalue weighted by Crippen LogP contribution is -2.57. The first-order valence-corrected chi connectivity index (χ1v) is 11.4. The Hall–Kier alpha value is -3.39. The molecule has 184 valence electrons. The van der Waals surface area contributed by atoms with Gasteiger partial charge in [-0.2, -0.15) is 12.6 Å². The van der Waals surface area contributed by atoms with E-state index in [1.54, 1.807) is 0 Å². The van der Waals surface area contributed by atoms with Crippen molar-refractivity contribution in [3.05, 3.63) is 36.4 Å². The van der Waals surface area contributed by atoms with Crippen molar-refractivity contribution in [1.29, 1.82) is 0 Å². The Morgan fingerprint density at radius 3 is 2.26 bits per heavy atom. The fourth-order valence-corrected chi connectivity index (χ4v) is 3.93. The summed E-state index contributed by atoms with van der Waals surface area (Å²) in [4.78, 5) is 65.3. The van der Waals surface area contributed by atoms with Crippen molar-refractivity contribution < 1.29 is 24.3 Å². The van der Waals surface area contributed by atoms with Gasteiger partial charge in [-0.25, -0.2) is 14.8 Å². The van der Waals surface area contributed by atoms with Crippen molar-refractivity contribution in [1.82, 2.24) is 35.5 Å². The van der Waals surface area contributed by atoms with Gasteiger partial charge in [0.05, 0.1) is 18.7 Å². The summed E-state index contributed by atoms with van der Waals surface area (Å²) in [6.07, 6.45) is 6.88. The van der Waals surface area contributed by atoms with Crippen molar-refractivity contribution >= 4 is 36.3 Å². The highest BCUT2D eigenvalue weighted by molar-refractivity contribution is 7.80. The first kappa shape index (κ1) is 25.2. The molecule has 2 aromatic heterocycles. The fraction of sp³-hybridized carbons (Fsp3) is 0.500. The minimum atomic E-state index is -1.24. The molecule has 3 rings (SSSR count). The summed E-state index contributed by atoms with van der Waals surface area (Å²) in [5, 5.41) is 14.7. The maximum atomic E-state index is 13.1. The summed E-state index contributed by atoms with van der Waals surface area (Å²) in [5.41, 5.74) is 6.90. The molecule has 0 saturated carbocycles. The summed E-state index contributed by atoms with van der Waals surface area (Å²) in [7, 11) is 0. The Morgan fingerprint density at radius 2 is 1.74 bits per heavy atom. The van der Waals surface area contributed by atoms with Crippen LogP contribution in [0.5, 0.6) is 0 Å². The van der Waals surface area contributed by atoms with Gasteiger partial charge in [0.1, 0.15) is 18.1 Å². The van der Waals surface area contributed by atoms with Gasteiger partial charge in [-0.1, -0.05) is 0 Å². The molecule has 0 aromatic carbocycles. The summed E-state index contributed by atoms with van der Waals surface area (Å²) >= 11 is 4.05. The molecule has 2 aromatic rings. The van der Waals surface area contributed by atoms with E-state index in [0.717, 1.165) is 0 Å². The molecule has 1 aliphatic heterocycles. The molecule has 0 radical (unpaired) electrons. The predicted molar refractivity (Wildman–Crippen MR) is 123 cm³/mol. The van der Waals surface area contributed by atoms with Crippen LogP contribution in [0.25, 0.3) is 0 Å². The van der Waals surface area contributed by atoms with Gasteiger partial charge in [-0.05, 0) is 12.8 Å². The number of nitrogens with zero attached hydrogens (tertiary/aromatic N) is 3. The van der Waals surface area contributed by atoms with E-state index in [1.807, 2.05) is 0 Å². The average Bonchev–Trinajstić information content (AvgIpc) is 3.59. The van der Waals surface area contributed by atoms with Gasteiger partial charge >= 0.3 is 5.97 Å². The minimum absolute atomic E-state index is 0.0156. The number of aromatic nitrogens is 4. The number of carbonyl (C=O) groups excluding carboxylic acids is 3. The van der Waals surface area contributed by atoms with Crippen LogP contribution in [0.15, 0.2) is 25.0 Å². The molecule has 0 bridgehead atoms. The average molecular weight is 493 g/mol. The van der Waals surface area contributed by atoms with Crippen molar-refractivity contribution in [3.8, 4) is 0 Å². The molecule has 4 unspecified atom stereocenters. The first-order valence-electron chi connectivity index (χ1n) is 10.7. The summed E-state index contributed by atoms with van der Waals surface area (Å²) < 4.78 is 0. The molecule has 34 heavy (non-hydrogen) atoms. The Kier molecular flexibility index (Phi) is 8.65. The standard InChI is InChI=1S/C20H28N8O5S/c21-13(8-34)19(31)28-3-1-2-16(28)18(30)26-14(4-11-6-22-9-24-11)17(29)27-15(20(32)33)5-12-7-23-10-25-12/h6-7,9-10,13-16,34H,1-5,8,21H2,(H,22,24)(H,23,25)(H,26,30)(H,27,29)(H,32,33). The van der Waals surface area contributed by atoms with Gasteiger partial charge in [-0.15, -0.1) is 0 Å². The largest absolute Gasteiger partial charge is 0.480 e. The van der Waals surface area contributed by atoms with E-state index < -0.39 is 42.0 Å². The lowest BCUT2D eigenvalue weighted by atomic mass is 10.1. The van der Waals surface area contributed by atoms with E-state index in [4.69, 9.17) is 5.73 Å². The number of amides is 3. The highest BCUT2D eigenvalue weighted by Crippen LogP contribution is 2.19. The highest BCUT2D eigenvalue weighted by atomic mass is 32.1. The normalized spacial score (nSPS) is 18.2. The number of thiol groups is 1. The second-order valence-corrected chi connectivity index (χ2v) is 8.37. The van der Waals surface area contributed by atoms with Gasteiger partial charge in [0.2, 0.25) is 17.7 Å². The number of hydrogen-bond acceptors (Lipinski definition) is 8. The second kappa shape index (κ2) is 11.7. The minimum Gasteiger partial charge on any atom is -0.480 e. The summed E-state index contributed by atoms with van der Waals surface area (Å²) in [5.74, 6) is -2.67. The van der Waals surface area contributed by atoms with Crippen LogP contribution >= 0.6 is 12.6 Å². The van der Waals surface area contributed by atoms with Crippen LogP contribution in [0.2, 0.25) is 0 Å². The van der Waals surface area contributed by atoms with Crippen LogP contribution < -0.4 is 16.4 Å². The fourth-order valence-electron chi connectivity index (χ4n) is 3.78. The van der Waals surface area contributed by atoms with Gasteiger partial charge in [-0.3, -0.25) is 14.4 Å². The SMILES string of the molecule is NC(CS)C(=O)N1CCCC1C(=O)NC(Cc1cnc[nH]1)C(=O)NC(Cc1cnc[nH]1)C(=O)O. The van der Waals surface area contributed by atoms with E-state index in [2.05, 4.69) is 43.2 Å². The monoisotopic (exact) mass is 492 g/mol. The van der Waals surface area contributed by atoms with Crippen LogP contribution in [-0.2, 0) is 32.0 Å². The van der Waals surface area contributed by atoms with E-state index in [-0.39, 0.29) is 24.5 Å². The molecule has 1 saturated heterocycles. The van der Waals surface area contributed by atoms with Gasteiger partial charge in [0.15, 0.2) is 0 Å². The number of aromatic amines is 2. The van der Waals surface area contributed by atoms with Crippen LogP contribution in [0.4, 0.5) is 0 Å². The van der Waals surface area contributed by atoms with E-state index in [9.17, 15) is 24.3 Å². The number of carboxylic acids is 1. The van der Waals surface area contributed by atoms with Crippen LogP contribution in [0, 0.1) is 0 Å². The number of imidazole rings is 2. The molecule has 1 fully saturated rings. The number of nitrogens with two attached hydrogens (primary N) is 1. The number of aliphatic carboxylic acids is 1. The number of H-pyrrole nitrogens is 2. The molecule has 3 heterocycles. The van der Waals surface area contributed by atoms with E-state index in [1.165, 1.54) is 29.9 Å². The highest BCUT2D eigenvalue weighted by Gasteiger charge is 2.37. The number of carbonyl (C=O) groups is 4. The van der Waals surface area contributed by atoms with Crippen LogP contribution in [-0.4, -0.2) is 90.1 Å². The quantitative estimate of drug-likeness (QED) is 0.178.